The summed E-state index contributed by atoms with van der Waals surface area (Å²) in [6, 6.07) is 2.31. The molecular formula is C13H22N2O. The minimum absolute atomic E-state index is 0.261. The smallest absolute Gasteiger partial charge is 0.108 e. The van der Waals surface area contributed by atoms with Crippen LogP contribution in [0.5, 0.6) is 0 Å². The highest BCUT2D eigenvalue weighted by Crippen LogP contribution is 2.33. The molecule has 3 heteroatoms. The molecule has 1 saturated carbocycles. The predicted octanol–water partition coefficient (Wildman–Crippen LogP) is 2.93. The second kappa shape index (κ2) is 5.51. The number of aryl methyl sites for hydroxylation is 1. The molecule has 0 aliphatic heterocycles. The van der Waals surface area contributed by atoms with Crippen LogP contribution in [0.15, 0.2) is 16.7 Å². The Hall–Kier alpha value is -0.800. The van der Waals surface area contributed by atoms with Gasteiger partial charge in [0.05, 0.1) is 6.26 Å². The van der Waals surface area contributed by atoms with E-state index in [-0.39, 0.29) is 6.04 Å². The summed E-state index contributed by atoms with van der Waals surface area (Å²) in [5.41, 5.74) is 4.19. The molecule has 1 aliphatic rings. The fourth-order valence-corrected chi connectivity index (χ4v) is 2.81. The molecule has 16 heavy (non-hydrogen) atoms. The van der Waals surface area contributed by atoms with Crippen molar-refractivity contribution in [3.8, 4) is 0 Å². The normalized spacial score (nSPS) is 19.1. The van der Waals surface area contributed by atoms with Gasteiger partial charge in [-0.3, -0.25) is 11.3 Å². The van der Waals surface area contributed by atoms with Crippen molar-refractivity contribution in [2.75, 3.05) is 0 Å². The van der Waals surface area contributed by atoms with Crippen LogP contribution >= 0.6 is 0 Å². The lowest BCUT2D eigenvalue weighted by Crippen LogP contribution is -2.29. The lowest BCUT2D eigenvalue weighted by Gasteiger charge is -2.19. The third-order valence-electron chi connectivity index (χ3n) is 3.72. The van der Waals surface area contributed by atoms with Gasteiger partial charge >= 0.3 is 0 Å². The molecule has 3 N–H and O–H groups in total. The zero-order chi connectivity index (χ0) is 11.4. The van der Waals surface area contributed by atoms with Crippen LogP contribution < -0.4 is 11.3 Å². The molecule has 90 valence electrons. The highest BCUT2D eigenvalue weighted by molar-refractivity contribution is 5.21. The van der Waals surface area contributed by atoms with Gasteiger partial charge < -0.3 is 4.42 Å². The first kappa shape index (κ1) is 11.7. The second-order valence-electron chi connectivity index (χ2n) is 4.76. The minimum atomic E-state index is 0.261. The van der Waals surface area contributed by atoms with E-state index in [2.05, 4.69) is 18.4 Å². The molecule has 2 rings (SSSR count). The van der Waals surface area contributed by atoms with Gasteiger partial charge in [0.15, 0.2) is 0 Å². The topological polar surface area (TPSA) is 51.2 Å². The highest BCUT2D eigenvalue weighted by atomic mass is 16.3. The Morgan fingerprint density at radius 3 is 2.88 bits per heavy atom. The standard InChI is InChI=1S/C13H22N2O/c1-2-13-11(7-8-16-13)12(15-14)9-10-5-3-4-6-10/h7-8,10,12,15H,2-6,9,14H2,1H3. The van der Waals surface area contributed by atoms with Crippen LogP contribution in [0.3, 0.4) is 0 Å². The Kier molecular flexibility index (Phi) is 4.02. The van der Waals surface area contributed by atoms with Crippen LogP contribution in [0.1, 0.15) is 56.4 Å². The fraction of sp³-hybridized carbons (Fsp3) is 0.692. The largest absolute Gasteiger partial charge is 0.469 e. The van der Waals surface area contributed by atoms with E-state index >= 15 is 0 Å². The number of hydrazine groups is 1. The van der Waals surface area contributed by atoms with E-state index in [0.29, 0.717) is 0 Å². The van der Waals surface area contributed by atoms with Gasteiger partial charge in [-0.2, -0.15) is 0 Å². The van der Waals surface area contributed by atoms with Gasteiger partial charge in [-0.1, -0.05) is 32.6 Å². The Morgan fingerprint density at radius 2 is 2.25 bits per heavy atom. The molecule has 3 nitrogen and oxygen atoms in total. The van der Waals surface area contributed by atoms with Gasteiger partial charge in [0.2, 0.25) is 0 Å². The van der Waals surface area contributed by atoms with Gasteiger partial charge in [0, 0.05) is 18.0 Å². The van der Waals surface area contributed by atoms with Crippen LogP contribution in [0.2, 0.25) is 0 Å². The number of hydrogen-bond acceptors (Lipinski definition) is 3. The summed E-state index contributed by atoms with van der Waals surface area (Å²) in [5, 5.41) is 0. The molecule has 0 saturated heterocycles. The molecule has 1 fully saturated rings. The number of nitrogens with one attached hydrogen (secondary N) is 1. The fourth-order valence-electron chi connectivity index (χ4n) is 2.81. The van der Waals surface area contributed by atoms with Crippen LogP contribution in [0.25, 0.3) is 0 Å². The maximum atomic E-state index is 5.67. The SMILES string of the molecule is CCc1occc1C(CC1CCCC1)NN. The van der Waals surface area contributed by atoms with Crippen molar-refractivity contribution in [3.05, 3.63) is 23.7 Å². The maximum absolute atomic E-state index is 5.67. The van der Waals surface area contributed by atoms with E-state index < -0.39 is 0 Å². The predicted molar refractivity (Wildman–Crippen MR) is 64.7 cm³/mol. The molecule has 0 bridgehead atoms. The molecule has 1 unspecified atom stereocenters. The molecule has 1 aromatic rings. The average Bonchev–Trinajstić information content (AvgIpc) is 2.96. The summed E-state index contributed by atoms with van der Waals surface area (Å²) in [6.45, 7) is 2.12. The van der Waals surface area contributed by atoms with Gasteiger partial charge in [0.25, 0.3) is 0 Å². The number of rotatable bonds is 5. The third-order valence-corrected chi connectivity index (χ3v) is 3.72. The number of nitrogens with two attached hydrogens (primary N) is 1. The highest BCUT2D eigenvalue weighted by Gasteiger charge is 2.22. The van der Waals surface area contributed by atoms with Crippen molar-refractivity contribution in [3.63, 3.8) is 0 Å². The van der Waals surface area contributed by atoms with E-state index in [1.54, 1.807) is 6.26 Å². The molecular weight excluding hydrogens is 200 g/mol. The monoisotopic (exact) mass is 222 g/mol. The quantitative estimate of drug-likeness (QED) is 0.595. The molecule has 0 aromatic carbocycles. The summed E-state index contributed by atoms with van der Waals surface area (Å²) in [7, 11) is 0. The van der Waals surface area contributed by atoms with E-state index in [0.717, 1.165) is 24.5 Å². The van der Waals surface area contributed by atoms with Gasteiger partial charge in [0.1, 0.15) is 5.76 Å². The Balaban J connectivity index is 2.03. The molecule has 0 spiro atoms. The number of hydrogen-bond donors (Lipinski definition) is 2. The maximum Gasteiger partial charge on any atom is 0.108 e. The molecule has 1 heterocycles. The van der Waals surface area contributed by atoms with Crippen molar-refractivity contribution >= 4 is 0 Å². The second-order valence-corrected chi connectivity index (χ2v) is 4.76. The van der Waals surface area contributed by atoms with Crippen LogP contribution in [0, 0.1) is 5.92 Å². The molecule has 0 radical (unpaired) electrons. The van der Waals surface area contributed by atoms with Crippen molar-refractivity contribution in [2.24, 2.45) is 11.8 Å². The number of furan rings is 1. The Morgan fingerprint density at radius 1 is 1.50 bits per heavy atom. The average molecular weight is 222 g/mol. The van der Waals surface area contributed by atoms with E-state index in [1.807, 2.05) is 0 Å². The summed E-state index contributed by atoms with van der Waals surface area (Å²) in [4.78, 5) is 0. The van der Waals surface area contributed by atoms with Gasteiger partial charge in [-0.25, -0.2) is 0 Å². The van der Waals surface area contributed by atoms with Crippen LogP contribution in [0.4, 0.5) is 0 Å². The molecule has 0 amide bonds. The summed E-state index contributed by atoms with van der Waals surface area (Å²) < 4.78 is 5.47. The molecule has 1 atom stereocenters. The summed E-state index contributed by atoms with van der Waals surface area (Å²) >= 11 is 0. The van der Waals surface area contributed by atoms with Gasteiger partial charge in [-0.15, -0.1) is 0 Å². The van der Waals surface area contributed by atoms with E-state index in [4.69, 9.17) is 10.3 Å². The summed E-state index contributed by atoms with van der Waals surface area (Å²) in [5.74, 6) is 7.58. The minimum Gasteiger partial charge on any atom is -0.469 e. The van der Waals surface area contributed by atoms with Crippen LogP contribution in [-0.2, 0) is 6.42 Å². The zero-order valence-electron chi connectivity index (χ0n) is 10.0. The Bertz CT molecular complexity index is 315. The van der Waals surface area contributed by atoms with Crippen molar-refractivity contribution in [1.29, 1.82) is 0 Å². The first-order valence-electron chi connectivity index (χ1n) is 6.37. The lowest BCUT2D eigenvalue weighted by molar-refractivity contribution is 0.392. The molecule has 1 aliphatic carbocycles. The lowest BCUT2D eigenvalue weighted by atomic mass is 9.94. The van der Waals surface area contributed by atoms with Crippen molar-refractivity contribution < 1.29 is 4.42 Å². The zero-order valence-corrected chi connectivity index (χ0v) is 10.0. The van der Waals surface area contributed by atoms with E-state index in [9.17, 15) is 0 Å². The van der Waals surface area contributed by atoms with Crippen molar-refractivity contribution in [1.82, 2.24) is 5.43 Å². The van der Waals surface area contributed by atoms with Gasteiger partial charge in [-0.05, 0) is 18.4 Å². The first-order valence-corrected chi connectivity index (χ1v) is 6.37. The third kappa shape index (κ3) is 2.47. The molecule has 1 aromatic heterocycles. The summed E-state index contributed by atoms with van der Waals surface area (Å²) in [6.07, 6.45) is 9.33. The van der Waals surface area contributed by atoms with Crippen molar-refractivity contribution in [2.45, 2.75) is 51.5 Å². The van der Waals surface area contributed by atoms with Crippen LogP contribution in [-0.4, -0.2) is 0 Å². The van der Waals surface area contributed by atoms with E-state index in [1.165, 1.54) is 31.2 Å². The Labute approximate surface area is 97.4 Å². The first-order chi connectivity index (χ1) is 7.85.